The lowest BCUT2D eigenvalue weighted by molar-refractivity contribution is 0.0941. The van der Waals surface area contributed by atoms with Gasteiger partial charge in [-0.25, -0.2) is 8.91 Å². The van der Waals surface area contributed by atoms with E-state index in [0.29, 0.717) is 23.1 Å². The van der Waals surface area contributed by atoms with Crippen molar-refractivity contribution in [2.45, 2.75) is 26.9 Å². The largest absolute Gasteiger partial charge is 0.345 e. The van der Waals surface area contributed by atoms with Crippen molar-refractivity contribution in [3.05, 3.63) is 111 Å². The third-order valence-corrected chi connectivity index (χ3v) is 5.66. The number of aryl methyl sites for hydroxylation is 2. The van der Waals surface area contributed by atoms with Gasteiger partial charge in [-0.15, -0.1) is 5.10 Å². The number of carbonyl (C=O) groups is 1. The second kappa shape index (κ2) is 8.55. The summed E-state index contributed by atoms with van der Waals surface area (Å²) in [6, 6.07) is 19.5. The summed E-state index contributed by atoms with van der Waals surface area (Å²) in [5.41, 5.74) is 4.52. The van der Waals surface area contributed by atoms with Crippen LogP contribution in [0.4, 0.5) is 4.39 Å². The lowest BCUT2D eigenvalue weighted by Crippen LogP contribution is -2.24. The smallest absolute Gasteiger partial charge is 0.296 e. The van der Waals surface area contributed by atoms with Gasteiger partial charge in [0.25, 0.3) is 11.5 Å². The average Bonchev–Trinajstić information content (AvgIpc) is 3.26. The molecule has 34 heavy (non-hydrogen) atoms. The van der Waals surface area contributed by atoms with Gasteiger partial charge < -0.3 is 5.32 Å². The normalized spacial score (nSPS) is 11.3. The Bertz CT molecular complexity index is 1620. The van der Waals surface area contributed by atoms with Crippen LogP contribution in [0.2, 0.25) is 0 Å². The molecule has 0 aliphatic carbocycles. The molecule has 8 heteroatoms. The van der Waals surface area contributed by atoms with E-state index in [1.807, 2.05) is 56.3 Å². The van der Waals surface area contributed by atoms with Crippen LogP contribution >= 0.6 is 0 Å². The number of amides is 1. The van der Waals surface area contributed by atoms with Gasteiger partial charge in [0.05, 0.1) is 17.6 Å². The van der Waals surface area contributed by atoms with Gasteiger partial charge in [-0.2, -0.15) is 4.98 Å². The summed E-state index contributed by atoms with van der Waals surface area (Å²) >= 11 is 0. The molecule has 5 aromatic rings. The first kappa shape index (κ1) is 21.5. The molecular formula is C26H22FN5O2. The third kappa shape index (κ3) is 4.05. The summed E-state index contributed by atoms with van der Waals surface area (Å²) in [7, 11) is 0. The van der Waals surface area contributed by atoms with Crippen molar-refractivity contribution in [2.24, 2.45) is 0 Å². The van der Waals surface area contributed by atoms with E-state index in [4.69, 9.17) is 0 Å². The topological polar surface area (TPSA) is 81.3 Å². The molecule has 0 radical (unpaired) electrons. The SMILES string of the molecule is Cc1cccc(CNC(=O)c2nc3c(=O)n(Cc4cccc(F)c4)c4cc(C)ccc4n3n2)c1. The Hall–Kier alpha value is -4.33. The van der Waals surface area contributed by atoms with Crippen LogP contribution in [-0.4, -0.2) is 25.1 Å². The van der Waals surface area contributed by atoms with Crippen molar-refractivity contribution in [3.63, 3.8) is 0 Å². The van der Waals surface area contributed by atoms with Gasteiger partial charge in [-0.05, 0) is 54.8 Å². The maximum Gasteiger partial charge on any atom is 0.296 e. The second-order valence-electron chi connectivity index (χ2n) is 8.36. The Morgan fingerprint density at radius 2 is 1.71 bits per heavy atom. The fourth-order valence-corrected chi connectivity index (χ4v) is 4.03. The van der Waals surface area contributed by atoms with E-state index in [1.165, 1.54) is 21.2 Å². The molecule has 1 N–H and O–H groups in total. The minimum atomic E-state index is -0.471. The fourth-order valence-electron chi connectivity index (χ4n) is 4.03. The van der Waals surface area contributed by atoms with Gasteiger partial charge in [-0.1, -0.05) is 48.0 Å². The van der Waals surface area contributed by atoms with Crippen molar-refractivity contribution in [1.82, 2.24) is 24.5 Å². The van der Waals surface area contributed by atoms with E-state index in [-0.39, 0.29) is 23.8 Å². The summed E-state index contributed by atoms with van der Waals surface area (Å²) in [5, 5.41) is 7.16. The Kier molecular flexibility index (Phi) is 5.41. The van der Waals surface area contributed by atoms with Crippen LogP contribution in [0.5, 0.6) is 0 Å². The first-order valence-corrected chi connectivity index (χ1v) is 10.9. The van der Waals surface area contributed by atoms with E-state index >= 15 is 0 Å². The molecule has 7 nitrogen and oxygen atoms in total. The van der Waals surface area contributed by atoms with E-state index in [2.05, 4.69) is 15.4 Å². The molecule has 0 atom stereocenters. The van der Waals surface area contributed by atoms with Crippen molar-refractivity contribution in [3.8, 4) is 0 Å². The summed E-state index contributed by atoms with van der Waals surface area (Å²) < 4.78 is 16.7. The lowest BCUT2D eigenvalue weighted by Gasteiger charge is -2.12. The van der Waals surface area contributed by atoms with Crippen molar-refractivity contribution < 1.29 is 9.18 Å². The standard InChI is InChI=1S/C26H22FN5O2/c1-16-5-3-6-18(11-16)14-28-25(33)23-29-24-26(34)31(15-19-7-4-8-20(27)13-19)22-12-17(2)9-10-21(22)32(24)30-23/h3-13H,14-15H2,1-2H3,(H,28,33). The van der Waals surface area contributed by atoms with Gasteiger partial charge in [-0.3, -0.25) is 14.2 Å². The van der Waals surface area contributed by atoms with Gasteiger partial charge in [0, 0.05) is 6.54 Å². The fraction of sp³-hybridized carbons (Fsp3) is 0.154. The van der Waals surface area contributed by atoms with Crippen LogP contribution in [-0.2, 0) is 13.1 Å². The van der Waals surface area contributed by atoms with Crippen LogP contribution < -0.4 is 10.9 Å². The van der Waals surface area contributed by atoms with Gasteiger partial charge in [0.2, 0.25) is 11.5 Å². The number of nitrogens with one attached hydrogen (secondary N) is 1. The predicted octanol–water partition coefficient (Wildman–Crippen LogP) is 3.78. The zero-order valence-electron chi connectivity index (χ0n) is 18.7. The molecule has 0 spiro atoms. The zero-order valence-corrected chi connectivity index (χ0v) is 18.7. The highest BCUT2D eigenvalue weighted by Gasteiger charge is 2.19. The van der Waals surface area contributed by atoms with Crippen LogP contribution in [0.25, 0.3) is 16.7 Å². The van der Waals surface area contributed by atoms with E-state index in [0.717, 1.165) is 16.7 Å². The highest BCUT2D eigenvalue weighted by Crippen LogP contribution is 2.18. The van der Waals surface area contributed by atoms with Crippen LogP contribution in [0, 0.1) is 19.7 Å². The lowest BCUT2D eigenvalue weighted by atomic mass is 10.1. The Morgan fingerprint density at radius 1 is 0.941 bits per heavy atom. The number of carbonyl (C=O) groups excluding carboxylic acids is 1. The first-order chi connectivity index (χ1) is 16.4. The molecule has 2 heterocycles. The number of hydrogen-bond donors (Lipinski definition) is 1. The molecular weight excluding hydrogens is 433 g/mol. The Morgan fingerprint density at radius 3 is 2.50 bits per heavy atom. The van der Waals surface area contributed by atoms with Crippen molar-refractivity contribution in [1.29, 1.82) is 0 Å². The maximum absolute atomic E-state index is 13.8. The van der Waals surface area contributed by atoms with E-state index in [1.54, 1.807) is 12.1 Å². The second-order valence-corrected chi connectivity index (χ2v) is 8.36. The highest BCUT2D eigenvalue weighted by molar-refractivity contribution is 5.91. The third-order valence-electron chi connectivity index (χ3n) is 5.66. The number of hydrogen-bond acceptors (Lipinski definition) is 4. The molecule has 5 rings (SSSR count). The minimum Gasteiger partial charge on any atom is -0.345 e. The number of benzene rings is 3. The Labute approximate surface area is 194 Å². The highest BCUT2D eigenvalue weighted by atomic mass is 19.1. The monoisotopic (exact) mass is 455 g/mol. The van der Waals surface area contributed by atoms with E-state index in [9.17, 15) is 14.0 Å². The average molecular weight is 455 g/mol. The molecule has 0 aliphatic heterocycles. The number of nitrogens with zero attached hydrogens (tertiary/aromatic N) is 4. The number of aromatic nitrogens is 4. The first-order valence-electron chi connectivity index (χ1n) is 10.9. The minimum absolute atomic E-state index is 0.0356. The summed E-state index contributed by atoms with van der Waals surface area (Å²) in [6.45, 7) is 4.39. The summed E-state index contributed by atoms with van der Waals surface area (Å²) in [5.74, 6) is -0.932. The molecule has 2 aromatic heterocycles. The summed E-state index contributed by atoms with van der Waals surface area (Å²) in [4.78, 5) is 30.5. The van der Waals surface area contributed by atoms with Crippen LogP contribution in [0.15, 0.2) is 71.5 Å². The predicted molar refractivity (Wildman–Crippen MR) is 127 cm³/mol. The van der Waals surface area contributed by atoms with E-state index < -0.39 is 11.5 Å². The molecule has 170 valence electrons. The number of fused-ring (bicyclic) bond motifs is 3. The quantitative estimate of drug-likeness (QED) is 0.437. The number of halogens is 1. The van der Waals surface area contributed by atoms with Gasteiger partial charge in [0.15, 0.2) is 0 Å². The van der Waals surface area contributed by atoms with Crippen LogP contribution in [0.3, 0.4) is 0 Å². The van der Waals surface area contributed by atoms with Crippen LogP contribution in [0.1, 0.15) is 32.9 Å². The number of rotatable bonds is 5. The van der Waals surface area contributed by atoms with Crippen molar-refractivity contribution >= 4 is 22.6 Å². The van der Waals surface area contributed by atoms with Crippen molar-refractivity contribution in [2.75, 3.05) is 0 Å². The van der Waals surface area contributed by atoms with Gasteiger partial charge >= 0.3 is 0 Å². The molecule has 0 aliphatic rings. The molecule has 0 unspecified atom stereocenters. The zero-order chi connectivity index (χ0) is 23.8. The molecule has 3 aromatic carbocycles. The van der Waals surface area contributed by atoms with Gasteiger partial charge in [0.1, 0.15) is 5.82 Å². The summed E-state index contributed by atoms with van der Waals surface area (Å²) in [6.07, 6.45) is 0. The molecule has 0 bridgehead atoms. The Balaban J connectivity index is 1.57. The molecule has 0 saturated carbocycles. The molecule has 1 amide bonds. The molecule has 0 saturated heterocycles. The maximum atomic E-state index is 13.8. The molecule has 0 fully saturated rings.